The maximum atomic E-state index is 10.6. The first-order valence-electron chi connectivity index (χ1n) is 5.90. The first-order valence-corrected chi connectivity index (χ1v) is 5.90. The Hall–Kier alpha value is -1.79. The molecule has 0 saturated carbocycles. The van der Waals surface area contributed by atoms with E-state index in [9.17, 15) is 4.79 Å². The normalized spacial score (nSPS) is 12.0. The average molecular weight is 268 g/mol. The Bertz CT molecular complexity index is 449. The molecule has 0 aromatic heterocycles. The predicted octanol–water partition coefficient (Wildman–Crippen LogP) is 0.514. The van der Waals surface area contributed by atoms with Crippen LogP contribution in [-0.2, 0) is 11.3 Å². The molecule has 0 heterocycles. The highest BCUT2D eigenvalue weighted by molar-refractivity contribution is 5.73. The Balaban J connectivity index is 2.74. The zero-order valence-corrected chi connectivity index (χ0v) is 11.4. The molecule has 0 spiro atoms. The SMILES string of the molecule is COc1cc(CNCC(N)C(=O)O)c(OC)cc1C. The van der Waals surface area contributed by atoms with Gasteiger partial charge in [-0.2, -0.15) is 0 Å². The van der Waals surface area contributed by atoms with Crippen molar-refractivity contribution >= 4 is 5.97 Å². The van der Waals surface area contributed by atoms with Crippen LogP contribution in [0, 0.1) is 6.92 Å². The highest BCUT2D eigenvalue weighted by Gasteiger charge is 2.12. The number of carboxylic acids is 1. The molecule has 1 atom stereocenters. The molecule has 1 aromatic carbocycles. The summed E-state index contributed by atoms with van der Waals surface area (Å²) in [5.74, 6) is 0.468. The van der Waals surface area contributed by atoms with Crippen LogP contribution in [0.2, 0.25) is 0 Å². The van der Waals surface area contributed by atoms with Gasteiger partial charge in [0.15, 0.2) is 0 Å². The predicted molar refractivity (Wildman–Crippen MR) is 71.6 cm³/mol. The van der Waals surface area contributed by atoms with Crippen molar-refractivity contribution < 1.29 is 19.4 Å². The quantitative estimate of drug-likeness (QED) is 0.667. The van der Waals surface area contributed by atoms with E-state index in [1.165, 1.54) is 0 Å². The van der Waals surface area contributed by atoms with Crippen LogP contribution < -0.4 is 20.5 Å². The summed E-state index contributed by atoms with van der Waals surface area (Å²) in [5, 5.41) is 11.7. The number of aliphatic carboxylic acids is 1. The summed E-state index contributed by atoms with van der Waals surface area (Å²) >= 11 is 0. The molecule has 1 unspecified atom stereocenters. The number of hydrogen-bond acceptors (Lipinski definition) is 5. The fraction of sp³-hybridized carbons (Fsp3) is 0.462. The van der Waals surface area contributed by atoms with Gasteiger partial charge in [0.05, 0.1) is 14.2 Å². The van der Waals surface area contributed by atoms with E-state index in [4.69, 9.17) is 20.3 Å². The lowest BCUT2D eigenvalue weighted by molar-refractivity contribution is -0.138. The van der Waals surface area contributed by atoms with Gasteiger partial charge < -0.3 is 25.6 Å². The number of aryl methyl sites for hydroxylation is 1. The number of rotatable bonds is 7. The Labute approximate surface area is 112 Å². The van der Waals surface area contributed by atoms with Crippen molar-refractivity contribution in [3.05, 3.63) is 23.3 Å². The second kappa shape index (κ2) is 6.96. The molecule has 0 saturated heterocycles. The van der Waals surface area contributed by atoms with E-state index < -0.39 is 12.0 Å². The summed E-state index contributed by atoms with van der Waals surface area (Å²) in [6.07, 6.45) is 0. The van der Waals surface area contributed by atoms with E-state index >= 15 is 0 Å². The van der Waals surface area contributed by atoms with Gasteiger partial charge in [0.25, 0.3) is 0 Å². The molecule has 0 bridgehead atoms. The molecule has 0 aliphatic carbocycles. The molecule has 106 valence electrons. The number of ether oxygens (including phenoxy) is 2. The van der Waals surface area contributed by atoms with E-state index in [1.807, 2.05) is 19.1 Å². The lowest BCUT2D eigenvalue weighted by atomic mass is 10.1. The average Bonchev–Trinajstić information content (AvgIpc) is 2.39. The van der Waals surface area contributed by atoms with Crippen LogP contribution >= 0.6 is 0 Å². The maximum absolute atomic E-state index is 10.6. The summed E-state index contributed by atoms with van der Waals surface area (Å²) in [6.45, 7) is 2.58. The van der Waals surface area contributed by atoms with Gasteiger partial charge in [-0.3, -0.25) is 4.79 Å². The number of benzene rings is 1. The van der Waals surface area contributed by atoms with Crippen molar-refractivity contribution in [1.29, 1.82) is 0 Å². The molecular weight excluding hydrogens is 248 g/mol. The third-order valence-electron chi connectivity index (χ3n) is 2.79. The van der Waals surface area contributed by atoms with E-state index in [1.54, 1.807) is 14.2 Å². The summed E-state index contributed by atoms with van der Waals surface area (Å²) in [4.78, 5) is 10.6. The van der Waals surface area contributed by atoms with Crippen LogP contribution in [0.4, 0.5) is 0 Å². The van der Waals surface area contributed by atoms with Crippen molar-refractivity contribution in [2.45, 2.75) is 19.5 Å². The van der Waals surface area contributed by atoms with Gasteiger partial charge in [0.2, 0.25) is 0 Å². The highest BCUT2D eigenvalue weighted by Crippen LogP contribution is 2.28. The highest BCUT2D eigenvalue weighted by atomic mass is 16.5. The third-order valence-corrected chi connectivity index (χ3v) is 2.79. The van der Waals surface area contributed by atoms with E-state index in [0.29, 0.717) is 6.54 Å². The number of hydrogen-bond donors (Lipinski definition) is 3. The van der Waals surface area contributed by atoms with Gasteiger partial charge in [-0.05, 0) is 24.6 Å². The van der Waals surface area contributed by atoms with Crippen molar-refractivity contribution in [2.75, 3.05) is 20.8 Å². The molecule has 6 nitrogen and oxygen atoms in total. The van der Waals surface area contributed by atoms with Crippen LogP contribution in [0.5, 0.6) is 11.5 Å². The third kappa shape index (κ3) is 4.11. The molecule has 0 amide bonds. The lowest BCUT2D eigenvalue weighted by Crippen LogP contribution is -2.40. The first-order chi connectivity index (χ1) is 8.99. The van der Waals surface area contributed by atoms with Gasteiger partial charge >= 0.3 is 5.97 Å². The molecule has 0 fully saturated rings. The molecule has 1 rings (SSSR count). The Kier molecular flexibility index (Phi) is 5.59. The molecule has 0 aliphatic rings. The molecule has 0 aliphatic heterocycles. The second-order valence-corrected chi connectivity index (χ2v) is 4.21. The number of carbonyl (C=O) groups is 1. The first kappa shape index (κ1) is 15.3. The van der Waals surface area contributed by atoms with Gasteiger partial charge in [0.1, 0.15) is 17.5 Å². The lowest BCUT2D eigenvalue weighted by Gasteiger charge is -2.14. The minimum atomic E-state index is -1.03. The number of methoxy groups -OCH3 is 2. The van der Waals surface area contributed by atoms with E-state index in [0.717, 1.165) is 22.6 Å². The smallest absolute Gasteiger partial charge is 0.321 e. The van der Waals surface area contributed by atoms with Crippen molar-refractivity contribution in [3.8, 4) is 11.5 Å². The zero-order chi connectivity index (χ0) is 14.4. The molecule has 4 N–H and O–H groups in total. The largest absolute Gasteiger partial charge is 0.496 e. The summed E-state index contributed by atoms with van der Waals surface area (Å²) < 4.78 is 10.5. The van der Waals surface area contributed by atoms with Crippen LogP contribution in [0.15, 0.2) is 12.1 Å². The molecule has 6 heteroatoms. The van der Waals surface area contributed by atoms with Crippen molar-refractivity contribution in [2.24, 2.45) is 5.73 Å². The minimum absolute atomic E-state index is 0.189. The standard InChI is InChI=1S/C13H20N2O4/c1-8-4-12(19-3)9(5-11(8)18-2)6-15-7-10(14)13(16)17/h4-5,10,15H,6-7,14H2,1-3H3,(H,16,17). The fourth-order valence-corrected chi connectivity index (χ4v) is 1.70. The van der Waals surface area contributed by atoms with Crippen LogP contribution in [0.1, 0.15) is 11.1 Å². The second-order valence-electron chi connectivity index (χ2n) is 4.21. The summed E-state index contributed by atoms with van der Waals surface area (Å²) in [6, 6.07) is 2.83. The number of carboxylic acid groups (broad SMARTS) is 1. The Morgan fingerprint density at radius 1 is 1.37 bits per heavy atom. The van der Waals surface area contributed by atoms with E-state index in [2.05, 4.69) is 5.32 Å². The van der Waals surface area contributed by atoms with Gasteiger partial charge in [-0.15, -0.1) is 0 Å². The topological polar surface area (TPSA) is 93.8 Å². The van der Waals surface area contributed by atoms with Crippen LogP contribution in [-0.4, -0.2) is 37.9 Å². The summed E-state index contributed by atoms with van der Waals surface area (Å²) in [7, 11) is 3.19. The van der Waals surface area contributed by atoms with Crippen LogP contribution in [0.3, 0.4) is 0 Å². The van der Waals surface area contributed by atoms with Gasteiger partial charge in [-0.1, -0.05) is 0 Å². The van der Waals surface area contributed by atoms with Crippen molar-refractivity contribution in [1.82, 2.24) is 5.32 Å². The van der Waals surface area contributed by atoms with Gasteiger partial charge in [0, 0.05) is 18.7 Å². The van der Waals surface area contributed by atoms with E-state index in [-0.39, 0.29) is 6.54 Å². The number of nitrogens with one attached hydrogen (secondary N) is 1. The Morgan fingerprint density at radius 3 is 2.53 bits per heavy atom. The summed E-state index contributed by atoms with van der Waals surface area (Å²) in [5.41, 5.74) is 7.28. The monoisotopic (exact) mass is 268 g/mol. The molecule has 1 aromatic rings. The fourth-order valence-electron chi connectivity index (χ4n) is 1.70. The number of nitrogens with two attached hydrogens (primary N) is 1. The molecule has 19 heavy (non-hydrogen) atoms. The molecular formula is C13H20N2O4. The van der Waals surface area contributed by atoms with Crippen molar-refractivity contribution in [3.63, 3.8) is 0 Å². The zero-order valence-electron chi connectivity index (χ0n) is 11.4. The van der Waals surface area contributed by atoms with Gasteiger partial charge in [-0.25, -0.2) is 0 Å². The Morgan fingerprint density at radius 2 is 2.00 bits per heavy atom. The molecule has 0 radical (unpaired) electrons. The maximum Gasteiger partial charge on any atom is 0.321 e. The minimum Gasteiger partial charge on any atom is -0.496 e. The van der Waals surface area contributed by atoms with Crippen LogP contribution in [0.25, 0.3) is 0 Å².